The third-order valence-corrected chi connectivity index (χ3v) is 15.3. The van der Waals surface area contributed by atoms with Gasteiger partial charge in [-0.15, -0.1) is 0 Å². The number of nitrogens with zero attached hydrogens (tertiary/aromatic N) is 2. The van der Waals surface area contributed by atoms with Crippen LogP contribution in [0.1, 0.15) is 25.0 Å². The van der Waals surface area contributed by atoms with Crippen molar-refractivity contribution in [3.05, 3.63) is 169 Å². The smallest absolute Gasteiger partial charge is 0.207 e. The lowest BCUT2D eigenvalue weighted by atomic mass is 9.77. The Morgan fingerprint density at radius 2 is 0.889 bits per heavy atom. The molecule has 3 heterocycles. The van der Waals surface area contributed by atoms with Crippen LogP contribution in [-0.4, -0.2) is 8.42 Å². The number of rotatable bonds is 2. The van der Waals surface area contributed by atoms with Gasteiger partial charge in [0, 0.05) is 47.1 Å². The average Bonchev–Trinajstić information content (AvgIpc) is 3.21. The Balaban J connectivity index is 1.12. The number of para-hydroxylation sites is 2. The van der Waals surface area contributed by atoms with E-state index in [9.17, 15) is 8.42 Å². The van der Waals surface area contributed by atoms with E-state index in [0.717, 1.165) is 76.6 Å². The van der Waals surface area contributed by atoms with Crippen molar-refractivity contribution in [2.24, 2.45) is 0 Å². The molecule has 0 atom stereocenters. The molecule has 8 aromatic carbocycles. The molecule has 260 valence electrons. The van der Waals surface area contributed by atoms with E-state index in [0.29, 0.717) is 9.79 Å². The van der Waals surface area contributed by atoms with Crippen molar-refractivity contribution in [1.29, 1.82) is 0 Å². The molecule has 0 aromatic heterocycles. The van der Waals surface area contributed by atoms with Gasteiger partial charge < -0.3 is 9.80 Å². The van der Waals surface area contributed by atoms with Crippen molar-refractivity contribution in [2.45, 2.75) is 48.6 Å². The van der Waals surface area contributed by atoms with Crippen LogP contribution < -0.4 is 9.80 Å². The highest BCUT2D eigenvalue weighted by Crippen LogP contribution is 2.57. The van der Waals surface area contributed by atoms with Crippen LogP contribution in [0.4, 0.5) is 34.1 Å². The van der Waals surface area contributed by atoms with Crippen molar-refractivity contribution < 1.29 is 8.42 Å². The second-order valence-corrected chi connectivity index (χ2v) is 18.6. The predicted octanol–water partition coefficient (Wildman–Crippen LogP) is 13.3. The first-order valence-corrected chi connectivity index (χ1v) is 21.1. The van der Waals surface area contributed by atoms with Gasteiger partial charge in [0.15, 0.2) is 0 Å². The molecule has 3 aliphatic heterocycles. The Morgan fingerprint density at radius 3 is 1.37 bits per heavy atom. The Morgan fingerprint density at radius 1 is 0.463 bits per heavy atom. The minimum absolute atomic E-state index is 0.366. The summed E-state index contributed by atoms with van der Waals surface area (Å²) in [6.45, 7) is 4.33. The van der Waals surface area contributed by atoms with Crippen LogP contribution in [0.3, 0.4) is 0 Å². The third kappa shape index (κ3) is 4.49. The molecule has 0 bridgehead atoms. The Bertz CT molecular complexity index is 2830. The summed E-state index contributed by atoms with van der Waals surface area (Å²) in [5, 5.41) is 4.64. The quantitative estimate of drug-likeness (QED) is 0.175. The number of anilines is 6. The second kappa shape index (κ2) is 11.5. The molecule has 0 saturated heterocycles. The maximum absolute atomic E-state index is 14.7. The zero-order valence-corrected chi connectivity index (χ0v) is 31.9. The Kier molecular flexibility index (Phi) is 6.82. The molecular weight excluding hydrogens is 721 g/mol. The fraction of sp³-hybridized carbons (Fsp3) is 0.0638. The summed E-state index contributed by atoms with van der Waals surface area (Å²) in [7, 11) is -3.82. The summed E-state index contributed by atoms with van der Waals surface area (Å²) in [5.41, 5.74) is 7.21. The van der Waals surface area contributed by atoms with Crippen LogP contribution in [-0.2, 0) is 15.3 Å². The minimum atomic E-state index is -3.82. The standard InChI is InChI=1S/C47H32N2O2S3/c1-47(2)35-27-31(48-37-15-7-9-17-39(37)52-41-23-19-29-11-3-5-13-33(29)45(41)48)21-25-43(35)54(50,51)44-26-22-32(28-36(44)47)49-38-16-8-10-18-40(38)53-42-24-20-30-12-4-6-14-34(30)46(42)49/h3-28H,1-2H3. The number of hydrogen-bond acceptors (Lipinski definition) is 6. The van der Waals surface area contributed by atoms with Gasteiger partial charge in [-0.25, -0.2) is 8.42 Å². The van der Waals surface area contributed by atoms with Crippen molar-refractivity contribution >= 4 is 89.0 Å². The zero-order valence-electron chi connectivity index (χ0n) is 29.4. The van der Waals surface area contributed by atoms with Crippen LogP contribution >= 0.6 is 23.5 Å². The number of sulfone groups is 1. The van der Waals surface area contributed by atoms with E-state index in [-0.39, 0.29) is 0 Å². The van der Waals surface area contributed by atoms with Gasteiger partial charge in [0.25, 0.3) is 0 Å². The molecule has 11 rings (SSSR count). The molecule has 0 amide bonds. The molecule has 8 aromatic rings. The maximum Gasteiger partial charge on any atom is 0.207 e. The fourth-order valence-corrected chi connectivity index (χ4v) is 12.7. The number of fused-ring (bicyclic) bond motifs is 10. The lowest BCUT2D eigenvalue weighted by Crippen LogP contribution is -2.30. The molecule has 0 spiro atoms. The van der Waals surface area contributed by atoms with Crippen LogP contribution in [0.25, 0.3) is 21.5 Å². The van der Waals surface area contributed by atoms with Crippen molar-refractivity contribution in [2.75, 3.05) is 9.80 Å². The van der Waals surface area contributed by atoms with Gasteiger partial charge in [-0.05, 0) is 94.7 Å². The molecular formula is C47H32N2O2S3. The highest BCUT2D eigenvalue weighted by molar-refractivity contribution is 8.00. The summed E-state index contributed by atoms with van der Waals surface area (Å²) in [6, 6.07) is 54.6. The van der Waals surface area contributed by atoms with Gasteiger partial charge in [-0.1, -0.05) is 122 Å². The normalized spacial score (nSPS) is 15.8. The first kappa shape index (κ1) is 32.0. The Hall–Kier alpha value is -5.47. The van der Waals surface area contributed by atoms with Gasteiger partial charge in [0.1, 0.15) is 0 Å². The van der Waals surface area contributed by atoms with E-state index in [1.165, 1.54) is 9.79 Å². The van der Waals surface area contributed by atoms with E-state index in [2.05, 4.69) is 157 Å². The molecule has 0 N–H and O–H groups in total. The molecule has 4 nitrogen and oxygen atoms in total. The van der Waals surface area contributed by atoms with E-state index in [4.69, 9.17) is 0 Å². The zero-order chi connectivity index (χ0) is 36.3. The summed E-state index contributed by atoms with van der Waals surface area (Å²) < 4.78 is 29.3. The molecule has 0 fully saturated rings. The van der Waals surface area contributed by atoms with Crippen molar-refractivity contribution in [3.63, 3.8) is 0 Å². The largest absolute Gasteiger partial charge is 0.308 e. The maximum atomic E-state index is 14.7. The van der Waals surface area contributed by atoms with Gasteiger partial charge in [-0.3, -0.25) is 0 Å². The monoisotopic (exact) mass is 752 g/mol. The van der Waals surface area contributed by atoms with Crippen LogP contribution in [0.5, 0.6) is 0 Å². The third-order valence-electron chi connectivity index (χ3n) is 11.2. The van der Waals surface area contributed by atoms with Crippen LogP contribution in [0.2, 0.25) is 0 Å². The molecule has 3 aliphatic rings. The first-order valence-electron chi connectivity index (χ1n) is 18.0. The lowest BCUT2D eigenvalue weighted by Gasteiger charge is -2.39. The van der Waals surface area contributed by atoms with Crippen molar-refractivity contribution in [1.82, 2.24) is 0 Å². The average molecular weight is 753 g/mol. The van der Waals surface area contributed by atoms with E-state index in [1.807, 2.05) is 24.3 Å². The van der Waals surface area contributed by atoms with Gasteiger partial charge in [0.2, 0.25) is 9.84 Å². The SMILES string of the molecule is CC1(C)c2cc(N3c4ccccc4Sc4ccc5ccccc5c43)ccc2S(=O)(=O)c2ccc(N3c4ccccc4Sc4ccc5ccccc5c43)cc21. The lowest BCUT2D eigenvalue weighted by molar-refractivity contribution is 0.556. The van der Waals surface area contributed by atoms with Gasteiger partial charge in [-0.2, -0.15) is 0 Å². The predicted molar refractivity (Wildman–Crippen MR) is 223 cm³/mol. The summed E-state index contributed by atoms with van der Waals surface area (Å²) >= 11 is 3.55. The molecule has 0 unspecified atom stereocenters. The highest BCUT2D eigenvalue weighted by Gasteiger charge is 2.42. The fourth-order valence-electron chi connectivity index (χ4n) is 8.59. The first-order chi connectivity index (χ1) is 26.3. The summed E-state index contributed by atoms with van der Waals surface area (Å²) in [6.07, 6.45) is 0. The molecule has 0 aliphatic carbocycles. The second-order valence-electron chi connectivity index (χ2n) is 14.6. The highest BCUT2D eigenvalue weighted by atomic mass is 32.2. The molecule has 7 heteroatoms. The van der Waals surface area contributed by atoms with Gasteiger partial charge >= 0.3 is 0 Å². The van der Waals surface area contributed by atoms with Crippen LogP contribution in [0.15, 0.2) is 187 Å². The van der Waals surface area contributed by atoms with Crippen molar-refractivity contribution in [3.8, 4) is 0 Å². The van der Waals surface area contributed by atoms with E-state index >= 15 is 0 Å². The molecule has 0 saturated carbocycles. The van der Waals surface area contributed by atoms with E-state index < -0.39 is 15.3 Å². The molecule has 0 radical (unpaired) electrons. The minimum Gasteiger partial charge on any atom is -0.308 e. The number of hydrogen-bond donors (Lipinski definition) is 0. The Labute approximate surface area is 323 Å². The van der Waals surface area contributed by atoms with Gasteiger partial charge in [0.05, 0.1) is 32.5 Å². The topological polar surface area (TPSA) is 40.6 Å². The van der Waals surface area contributed by atoms with Crippen LogP contribution in [0, 0.1) is 0 Å². The summed E-state index contributed by atoms with van der Waals surface area (Å²) in [5.74, 6) is 0. The summed E-state index contributed by atoms with van der Waals surface area (Å²) in [4.78, 5) is 10.0. The van der Waals surface area contributed by atoms with E-state index in [1.54, 1.807) is 23.5 Å². The number of benzene rings is 8. The molecule has 54 heavy (non-hydrogen) atoms.